The van der Waals surface area contributed by atoms with E-state index >= 15 is 0 Å². The summed E-state index contributed by atoms with van der Waals surface area (Å²) in [6, 6.07) is 23.2. The Hall–Kier alpha value is -3.42. The first-order valence-electron chi connectivity index (χ1n) is 9.08. The van der Waals surface area contributed by atoms with Crippen molar-refractivity contribution in [3.63, 3.8) is 0 Å². The van der Waals surface area contributed by atoms with Gasteiger partial charge in [-0.15, -0.1) is 0 Å². The van der Waals surface area contributed by atoms with Crippen LogP contribution < -0.4 is 0 Å². The average molecular weight is 571 g/mol. The summed E-state index contributed by atoms with van der Waals surface area (Å²) < 4.78 is 0. The van der Waals surface area contributed by atoms with Crippen LogP contribution in [0.15, 0.2) is 108 Å². The van der Waals surface area contributed by atoms with Gasteiger partial charge in [-0.2, -0.15) is 0 Å². The maximum absolute atomic E-state index is 4.19. The van der Waals surface area contributed by atoms with Crippen LogP contribution in [0.5, 0.6) is 0 Å². The third-order valence-corrected chi connectivity index (χ3v) is 3.63. The SMILES string of the molecule is C1=NC=NC1.[Os].c1ccc(-c2ccccn2)nc1.c1ccc(-c2ccccn2)nc1. The molecule has 30 heavy (non-hydrogen) atoms. The zero-order valence-electron chi connectivity index (χ0n) is 16.1. The predicted octanol–water partition coefficient (Wildman–Crippen LogP) is 4.38. The molecule has 4 aromatic heterocycles. The van der Waals surface area contributed by atoms with E-state index in [1.807, 2.05) is 72.8 Å². The predicted molar refractivity (Wildman–Crippen MR) is 117 cm³/mol. The van der Waals surface area contributed by atoms with Gasteiger partial charge < -0.3 is 0 Å². The first kappa shape index (κ1) is 22.9. The molecule has 0 radical (unpaired) electrons. The molecule has 5 rings (SSSR count). The summed E-state index contributed by atoms with van der Waals surface area (Å²) >= 11 is 0. The van der Waals surface area contributed by atoms with E-state index in [-0.39, 0.29) is 19.8 Å². The molecule has 0 bridgehead atoms. The summed E-state index contributed by atoms with van der Waals surface area (Å²) in [4.78, 5) is 24.1. The van der Waals surface area contributed by atoms with Crippen LogP contribution in [0.25, 0.3) is 22.8 Å². The van der Waals surface area contributed by atoms with E-state index in [4.69, 9.17) is 0 Å². The van der Waals surface area contributed by atoms with Gasteiger partial charge in [-0.25, -0.2) is 4.99 Å². The van der Waals surface area contributed by atoms with Gasteiger partial charge in [-0.1, -0.05) is 24.3 Å². The molecule has 6 nitrogen and oxygen atoms in total. The minimum Gasteiger partial charge on any atom is -0.268 e. The van der Waals surface area contributed by atoms with Crippen molar-refractivity contribution < 1.29 is 19.8 Å². The Labute approximate surface area is 189 Å². The largest absolute Gasteiger partial charge is 0.268 e. The molecule has 0 atom stereocenters. The number of rotatable bonds is 2. The van der Waals surface area contributed by atoms with E-state index in [1.165, 1.54) is 0 Å². The van der Waals surface area contributed by atoms with Gasteiger partial charge in [0.2, 0.25) is 0 Å². The Kier molecular flexibility index (Phi) is 10.4. The number of aliphatic imine (C=N–C) groups is 2. The zero-order valence-corrected chi connectivity index (χ0v) is 18.7. The Bertz CT molecular complexity index is 851. The van der Waals surface area contributed by atoms with Crippen LogP contribution >= 0.6 is 0 Å². The molecule has 1 aliphatic heterocycles. The second-order valence-electron chi connectivity index (χ2n) is 5.67. The van der Waals surface area contributed by atoms with Crippen molar-refractivity contribution in [2.75, 3.05) is 6.54 Å². The van der Waals surface area contributed by atoms with Gasteiger partial charge in [0.25, 0.3) is 0 Å². The topological polar surface area (TPSA) is 76.3 Å². The van der Waals surface area contributed by atoms with Gasteiger partial charge >= 0.3 is 0 Å². The maximum Gasteiger partial charge on any atom is 0.109 e. The Morgan fingerprint density at radius 2 is 0.867 bits per heavy atom. The molecule has 0 amide bonds. The normalized spacial score (nSPS) is 10.7. The van der Waals surface area contributed by atoms with Gasteiger partial charge in [0.15, 0.2) is 0 Å². The average Bonchev–Trinajstić information content (AvgIpc) is 3.42. The summed E-state index contributed by atoms with van der Waals surface area (Å²) in [6.07, 6.45) is 10.4. The third-order valence-electron chi connectivity index (χ3n) is 3.63. The first-order chi connectivity index (χ1) is 14.4. The van der Waals surface area contributed by atoms with E-state index in [2.05, 4.69) is 29.9 Å². The fraction of sp³-hybridized carbons (Fsp3) is 0.0435. The van der Waals surface area contributed by atoms with Crippen molar-refractivity contribution in [1.29, 1.82) is 0 Å². The molecule has 0 aromatic carbocycles. The number of hydrogen-bond donors (Lipinski definition) is 0. The molecular formula is C23H20N6Os. The molecule has 0 saturated carbocycles. The second-order valence-corrected chi connectivity index (χ2v) is 5.67. The standard InChI is InChI=1S/2C10H8N2.C3H4N2.Os/c2*1-3-7-11-9(5-1)10-6-2-4-8-12-10;1-2-5-3-4-1;/h2*1-8H;1,3H,2H2;. The molecule has 4 aromatic rings. The number of aromatic nitrogens is 4. The van der Waals surface area contributed by atoms with Gasteiger partial charge in [-0.3, -0.25) is 24.9 Å². The van der Waals surface area contributed by atoms with E-state index in [0.717, 1.165) is 29.3 Å². The molecular weight excluding hydrogens is 551 g/mol. The van der Waals surface area contributed by atoms with Crippen LogP contribution in [0.3, 0.4) is 0 Å². The second kappa shape index (κ2) is 13.7. The molecule has 0 saturated heterocycles. The smallest absolute Gasteiger partial charge is 0.109 e. The van der Waals surface area contributed by atoms with Crippen LogP contribution in [0.2, 0.25) is 0 Å². The van der Waals surface area contributed by atoms with Crippen LogP contribution in [0.1, 0.15) is 0 Å². The number of hydrogen-bond acceptors (Lipinski definition) is 6. The molecule has 150 valence electrons. The van der Waals surface area contributed by atoms with Crippen LogP contribution in [0.4, 0.5) is 0 Å². The molecule has 7 heteroatoms. The molecule has 0 fully saturated rings. The van der Waals surface area contributed by atoms with Crippen molar-refractivity contribution >= 4 is 12.6 Å². The first-order valence-corrected chi connectivity index (χ1v) is 9.08. The van der Waals surface area contributed by atoms with Crippen molar-refractivity contribution in [2.24, 2.45) is 9.98 Å². The maximum atomic E-state index is 4.19. The van der Waals surface area contributed by atoms with Gasteiger partial charge in [0.05, 0.1) is 29.3 Å². The van der Waals surface area contributed by atoms with E-state index in [1.54, 1.807) is 37.3 Å². The Balaban J connectivity index is 0.000000170. The molecule has 1 aliphatic rings. The Morgan fingerprint density at radius 3 is 1.03 bits per heavy atom. The molecule has 0 unspecified atom stereocenters. The summed E-state index contributed by atoms with van der Waals surface area (Å²) in [5, 5.41) is 0. The molecule has 0 aliphatic carbocycles. The van der Waals surface area contributed by atoms with Gasteiger partial charge in [0.1, 0.15) is 6.34 Å². The zero-order chi connectivity index (χ0) is 20.0. The van der Waals surface area contributed by atoms with Crippen LogP contribution in [-0.4, -0.2) is 39.0 Å². The van der Waals surface area contributed by atoms with E-state index in [0.29, 0.717) is 0 Å². The van der Waals surface area contributed by atoms with E-state index < -0.39 is 0 Å². The minimum atomic E-state index is 0. The van der Waals surface area contributed by atoms with Crippen molar-refractivity contribution in [1.82, 2.24) is 19.9 Å². The van der Waals surface area contributed by atoms with Crippen molar-refractivity contribution in [3.05, 3.63) is 97.6 Å². The molecule has 5 heterocycles. The summed E-state index contributed by atoms with van der Waals surface area (Å²) in [6.45, 7) is 0.778. The van der Waals surface area contributed by atoms with E-state index in [9.17, 15) is 0 Å². The van der Waals surface area contributed by atoms with Gasteiger partial charge in [0, 0.05) is 50.8 Å². The molecule has 0 N–H and O–H groups in total. The van der Waals surface area contributed by atoms with Gasteiger partial charge in [-0.05, 0) is 48.5 Å². The minimum absolute atomic E-state index is 0. The van der Waals surface area contributed by atoms with Crippen LogP contribution in [0, 0.1) is 0 Å². The fourth-order valence-corrected chi connectivity index (χ4v) is 2.29. The van der Waals surface area contributed by atoms with Crippen molar-refractivity contribution in [3.8, 4) is 22.8 Å². The third kappa shape index (κ3) is 7.90. The van der Waals surface area contributed by atoms with Crippen LogP contribution in [-0.2, 0) is 19.8 Å². The number of nitrogens with zero attached hydrogens (tertiary/aromatic N) is 6. The summed E-state index contributed by atoms with van der Waals surface area (Å²) in [7, 11) is 0. The summed E-state index contributed by atoms with van der Waals surface area (Å²) in [5.74, 6) is 0. The monoisotopic (exact) mass is 572 g/mol. The fourth-order valence-electron chi connectivity index (χ4n) is 2.29. The molecule has 0 spiro atoms. The Morgan fingerprint density at radius 1 is 0.500 bits per heavy atom. The quantitative estimate of drug-likeness (QED) is 0.359. The van der Waals surface area contributed by atoms with Crippen molar-refractivity contribution in [2.45, 2.75) is 0 Å². The summed E-state index contributed by atoms with van der Waals surface area (Å²) in [5.41, 5.74) is 3.66. The number of pyridine rings is 4.